The van der Waals surface area contributed by atoms with Crippen molar-refractivity contribution in [3.63, 3.8) is 0 Å². The van der Waals surface area contributed by atoms with Crippen LogP contribution in [-0.2, 0) is 12.8 Å². The molecule has 0 aliphatic heterocycles. The van der Waals surface area contributed by atoms with E-state index in [0.717, 1.165) is 33.1 Å². The Morgan fingerprint density at radius 1 is 1.12 bits per heavy atom. The van der Waals surface area contributed by atoms with Crippen LogP contribution >= 0.6 is 0 Å². The molecule has 0 amide bonds. The molecule has 0 aliphatic carbocycles. The Labute approximate surface area is 146 Å². The summed E-state index contributed by atoms with van der Waals surface area (Å²) in [6, 6.07) is 9.46. The van der Waals surface area contributed by atoms with Crippen LogP contribution in [0, 0.1) is 6.92 Å². The van der Waals surface area contributed by atoms with Crippen molar-refractivity contribution in [1.29, 1.82) is 0 Å². The predicted molar refractivity (Wildman–Crippen MR) is 94.3 cm³/mol. The molecular weight excluding hydrogens is 318 g/mol. The summed E-state index contributed by atoms with van der Waals surface area (Å²) in [5, 5.41) is 10.5. The van der Waals surface area contributed by atoms with Gasteiger partial charge in [0.1, 0.15) is 23.0 Å². The fraction of sp³-hybridized carbons (Fsp3) is 0.263. The summed E-state index contributed by atoms with van der Waals surface area (Å²) in [7, 11) is 3.26. The van der Waals surface area contributed by atoms with Crippen LogP contribution in [0.2, 0.25) is 0 Å². The predicted octanol–water partition coefficient (Wildman–Crippen LogP) is 3.29. The molecule has 0 spiro atoms. The van der Waals surface area contributed by atoms with Gasteiger partial charge in [0, 0.05) is 30.4 Å². The van der Waals surface area contributed by atoms with Gasteiger partial charge in [-0.15, -0.1) is 0 Å². The number of hydrogen-bond donors (Lipinski definition) is 1. The minimum absolute atomic E-state index is 0.584. The molecule has 0 saturated carbocycles. The van der Waals surface area contributed by atoms with Gasteiger partial charge in [-0.05, 0) is 37.1 Å². The monoisotopic (exact) mass is 339 g/mol. The molecule has 6 nitrogen and oxygen atoms in total. The summed E-state index contributed by atoms with van der Waals surface area (Å²) in [5.74, 6) is 2.12. The average Bonchev–Trinajstić information content (AvgIpc) is 2.94. The van der Waals surface area contributed by atoms with E-state index in [1.807, 2.05) is 37.3 Å². The fourth-order valence-corrected chi connectivity index (χ4v) is 2.88. The number of nitrogens with zero attached hydrogens (tertiary/aromatic N) is 3. The van der Waals surface area contributed by atoms with Crippen LogP contribution in [0.4, 0.5) is 0 Å². The van der Waals surface area contributed by atoms with Crippen LogP contribution in [0.25, 0.3) is 11.3 Å². The van der Waals surface area contributed by atoms with Crippen LogP contribution in [0.3, 0.4) is 0 Å². The van der Waals surface area contributed by atoms with E-state index >= 15 is 0 Å². The maximum atomic E-state index is 10.5. The highest BCUT2D eigenvalue weighted by atomic mass is 16.5. The third kappa shape index (κ3) is 3.42. The van der Waals surface area contributed by atoms with E-state index in [-0.39, 0.29) is 0 Å². The summed E-state index contributed by atoms with van der Waals surface area (Å²) >= 11 is 0. The number of rotatable bonds is 6. The smallest absolute Gasteiger partial charge is 0.145 e. The van der Waals surface area contributed by atoms with Gasteiger partial charge < -0.3 is 14.7 Å². The summed E-state index contributed by atoms with van der Waals surface area (Å²) in [6.07, 6.45) is 4.69. The van der Waals surface area contributed by atoms with Gasteiger partial charge in [0.15, 0.2) is 0 Å². The minimum Gasteiger partial charge on any atom is -0.497 e. The summed E-state index contributed by atoms with van der Waals surface area (Å²) in [5.41, 5.74) is 3.31. The Bertz CT molecular complexity index is 860. The van der Waals surface area contributed by atoms with Crippen molar-refractivity contribution in [2.75, 3.05) is 14.2 Å². The zero-order chi connectivity index (χ0) is 17.8. The number of aryl methyl sites for hydroxylation is 3. The minimum atomic E-state index is 0.584. The van der Waals surface area contributed by atoms with E-state index in [9.17, 15) is 5.21 Å². The zero-order valence-corrected chi connectivity index (χ0v) is 14.6. The van der Waals surface area contributed by atoms with E-state index in [1.165, 1.54) is 0 Å². The van der Waals surface area contributed by atoms with Crippen LogP contribution in [0.15, 0.2) is 42.7 Å². The van der Waals surface area contributed by atoms with Gasteiger partial charge >= 0.3 is 0 Å². The molecular formula is C19H21N3O3. The molecule has 0 radical (unpaired) electrons. The van der Waals surface area contributed by atoms with E-state index < -0.39 is 0 Å². The van der Waals surface area contributed by atoms with Crippen LogP contribution in [-0.4, -0.2) is 34.1 Å². The molecule has 0 atom stereocenters. The van der Waals surface area contributed by atoms with Crippen LogP contribution in [0.1, 0.15) is 17.1 Å². The summed E-state index contributed by atoms with van der Waals surface area (Å²) in [6.45, 7) is 1.88. The molecule has 2 aromatic heterocycles. The molecule has 1 N–H and O–H groups in total. The molecule has 0 aliphatic rings. The largest absolute Gasteiger partial charge is 0.497 e. The summed E-state index contributed by atoms with van der Waals surface area (Å²) < 4.78 is 11.8. The lowest BCUT2D eigenvalue weighted by Crippen LogP contribution is -2.04. The van der Waals surface area contributed by atoms with Gasteiger partial charge in [0.05, 0.1) is 19.9 Å². The summed E-state index contributed by atoms with van der Waals surface area (Å²) in [4.78, 5) is 8.62. The van der Waals surface area contributed by atoms with Gasteiger partial charge in [-0.2, -0.15) is 4.73 Å². The van der Waals surface area contributed by atoms with E-state index in [4.69, 9.17) is 9.47 Å². The molecule has 3 rings (SSSR count). The molecule has 6 heteroatoms. The number of ether oxygens (including phenoxy) is 2. The normalized spacial score (nSPS) is 10.7. The van der Waals surface area contributed by atoms with Crippen LogP contribution in [0.5, 0.6) is 11.5 Å². The molecule has 2 heterocycles. The lowest BCUT2D eigenvalue weighted by atomic mass is 10.1. The number of hydrogen-bond acceptors (Lipinski definition) is 5. The second-order valence-corrected chi connectivity index (χ2v) is 5.69. The number of benzene rings is 1. The van der Waals surface area contributed by atoms with Crippen molar-refractivity contribution in [2.24, 2.45) is 0 Å². The molecule has 0 fully saturated rings. The first-order chi connectivity index (χ1) is 12.1. The van der Waals surface area contributed by atoms with E-state index in [1.54, 1.807) is 26.6 Å². The van der Waals surface area contributed by atoms with Crippen molar-refractivity contribution in [2.45, 2.75) is 19.8 Å². The number of imidazole rings is 1. The topological polar surface area (TPSA) is 69.4 Å². The van der Waals surface area contributed by atoms with Crippen molar-refractivity contribution in [3.8, 4) is 22.8 Å². The second-order valence-electron chi connectivity index (χ2n) is 5.69. The molecule has 3 aromatic rings. The molecule has 0 unspecified atom stereocenters. The second kappa shape index (κ2) is 7.25. The average molecular weight is 339 g/mol. The van der Waals surface area contributed by atoms with Crippen molar-refractivity contribution in [3.05, 3.63) is 59.8 Å². The molecule has 0 bridgehead atoms. The van der Waals surface area contributed by atoms with E-state index in [0.29, 0.717) is 24.4 Å². The zero-order valence-electron chi connectivity index (χ0n) is 14.6. The first-order valence-electron chi connectivity index (χ1n) is 8.02. The third-order valence-electron chi connectivity index (χ3n) is 4.14. The number of methoxy groups -OCH3 is 2. The SMILES string of the molecule is COc1ccc(CCc2nc(C)c(-c3cccnc3)n2O)c(OC)c1. The maximum absolute atomic E-state index is 10.5. The van der Waals surface area contributed by atoms with Crippen molar-refractivity contribution in [1.82, 2.24) is 14.7 Å². The molecule has 0 saturated heterocycles. The van der Waals surface area contributed by atoms with Gasteiger partial charge in [0.25, 0.3) is 0 Å². The number of pyridine rings is 1. The Balaban J connectivity index is 1.83. The highest BCUT2D eigenvalue weighted by molar-refractivity contribution is 5.61. The van der Waals surface area contributed by atoms with Crippen molar-refractivity contribution >= 4 is 0 Å². The fourth-order valence-electron chi connectivity index (χ4n) is 2.88. The highest BCUT2D eigenvalue weighted by Gasteiger charge is 2.16. The Morgan fingerprint density at radius 2 is 1.96 bits per heavy atom. The van der Waals surface area contributed by atoms with Gasteiger partial charge in [-0.3, -0.25) is 4.98 Å². The quantitative estimate of drug-likeness (QED) is 0.698. The third-order valence-corrected chi connectivity index (χ3v) is 4.14. The van der Waals surface area contributed by atoms with E-state index in [2.05, 4.69) is 9.97 Å². The van der Waals surface area contributed by atoms with Crippen LogP contribution < -0.4 is 9.47 Å². The highest BCUT2D eigenvalue weighted by Crippen LogP contribution is 2.27. The number of aromatic nitrogens is 3. The Hall–Kier alpha value is -3.02. The van der Waals surface area contributed by atoms with Gasteiger partial charge in [-0.25, -0.2) is 4.98 Å². The molecule has 1 aromatic carbocycles. The van der Waals surface area contributed by atoms with Gasteiger partial charge in [-0.1, -0.05) is 6.07 Å². The van der Waals surface area contributed by atoms with Crippen molar-refractivity contribution < 1.29 is 14.7 Å². The molecule has 130 valence electrons. The first-order valence-corrected chi connectivity index (χ1v) is 8.02. The first kappa shape index (κ1) is 16.8. The molecule has 25 heavy (non-hydrogen) atoms. The maximum Gasteiger partial charge on any atom is 0.145 e. The standard InChI is InChI=1S/C19H21N3O3/c1-13-19(15-5-4-10-20-12-15)22(23)18(21-13)9-7-14-6-8-16(24-2)11-17(14)25-3/h4-6,8,10-12,23H,7,9H2,1-3H3. The van der Waals surface area contributed by atoms with Gasteiger partial charge in [0.2, 0.25) is 0 Å². The lowest BCUT2D eigenvalue weighted by Gasteiger charge is -2.10. The Kier molecular flexibility index (Phi) is 4.88. The lowest BCUT2D eigenvalue weighted by molar-refractivity contribution is 0.180. The Morgan fingerprint density at radius 3 is 2.64 bits per heavy atom.